The van der Waals surface area contributed by atoms with E-state index in [0.29, 0.717) is 0 Å². The number of carbonyl (C=O) groups excluding carboxylic acids is 1. The third-order valence-electron chi connectivity index (χ3n) is 5.14. The Kier molecular flexibility index (Phi) is 5.41. The van der Waals surface area contributed by atoms with Gasteiger partial charge in [0, 0.05) is 25.2 Å². The Bertz CT molecular complexity index is 391. The van der Waals surface area contributed by atoms with E-state index < -0.39 is 5.60 Å². The van der Waals surface area contributed by atoms with E-state index in [4.69, 9.17) is 4.74 Å². The predicted octanol–water partition coefficient (Wildman–Crippen LogP) is 3.90. The molecular weight excluding hydrogens is 276 g/mol. The van der Waals surface area contributed by atoms with Gasteiger partial charge >= 0.3 is 6.09 Å². The Hall–Kier alpha value is -0.770. The molecule has 0 N–H and O–H groups in total. The van der Waals surface area contributed by atoms with Gasteiger partial charge in [-0.2, -0.15) is 0 Å². The number of amides is 1. The van der Waals surface area contributed by atoms with Crippen LogP contribution in [0.5, 0.6) is 0 Å². The van der Waals surface area contributed by atoms with E-state index in [1.54, 1.807) is 0 Å². The van der Waals surface area contributed by atoms with E-state index in [-0.39, 0.29) is 11.6 Å². The second-order valence-electron chi connectivity index (χ2n) is 8.51. The third kappa shape index (κ3) is 4.61. The summed E-state index contributed by atoms with van der Waals surface area (Å²) in [6, 6.07) is 0. The maximum Gasteiger partial charge on any atom is 0.410 e. The van der Waals surface area contributed by atoms with Crippen LogP contribution >= 0.6 is 0 Å². The van der Waals surface area contributed by atoms with Crippen molar-refractivity contribution in [1.82, 2.24) is 9.80 Å². The lowest BCUT2D eigenvalue weighted by molar-refractivity contribution is 0.0221. The average molecular weight is 310 g/mol. The molecule has 2 heterocycles. The van der Waals surface area contributed by atoms with Crippen molar-refractivity contribution in [2.75, 3.05) is 26.2 Å². The number of carbonyl (C=O) groups is 1. The van der Waals surface area contributed by atoms with Crippen molar-refractivity contribution in [2.45, 2.75) is 77.9 Å². The number of hydrogen-bond acceptors (Lipinski definition) is 3. The second kappa shape index (κ2) is 6.77. The summed E-state index contributed by atoms with van der Waals surface area (Å²) in [4.78, 5) is 16.9. The molecule has 2 saturated heterocycles. The summed E-state index contributed by atoms with van der Waals surface area (Å²) in [7, 11) is 0. The fraction of sp³-hybridized carbons (Fsp3) is 0.944. The summed E-state index contributed by atoms with van der Waals surface area (Å²) >= 11 is 0. The zero-order valence-corrected chi connectivity index (χ0v) is 15.2. The summed E-state index contributed by atoms with van der Waals surface area (Å²) in [6.45, 7) is 14.6. The normalized spacial score (nSPS) is 31.7. The molecule has 0 aromatic heterocycles. The summed E-state index contributed by atoms with van der Waals surface area (Å²) < 4.78 is 5.54. The van der Waals surface area contributed by atoms with Gasteiger partial charge in [-0.15, -0.1) is 0 Å². The minimum absolute atomic E-state index is 0.149. The molecule has 128 valence electrons. The molecule has 0 aromatic carbocycles. The van der Waals surface area contributed by atoms with Gasteiger partial charge in [-0.1, -0.05) is 6.92 Å². The lowest BCUT2D eigenvalue weighted by Crippen LogP contribution is -2.51. The summed E-state index contributed by atoms with van der Waals surface area (Å²) in [5.74, 6) is 0.802. The van der Waals surface area contributed by atoms with Crippen LogP contribution in [0.1, 0.15) is 66.7 Å². The number of nitrogens with zero attached hydrogens (tertiary/aromatic N) is 2. The first kappa shape index (κ1) is 17.6. The summed E-state index contributed by atoms with van der Waals surface area (Å²) in [6.07, 6.45) is 5.82. The van der Waals surface area contributed by atoms with E-state index in [0.717, 1.165) is 31.8 Å². The molecule has 0 saturated carbocycles. The Morgan fingerprint density at radius 1 is 1.14 bits per heavy atom. The van der Waals surface area contributed by atoms with Crippen LogP contribution < -0.4 is 0 Å². The molecule has 2 unspecified atom stereocenters. The number of ether oxygens (including phenoxy) is 1. The van der Waals surface area contributed by atoms with E-state index in [1.807, 2.05) is 25.7 Å². The van der Waals surface area contributed by atoms with Gasteiger partial charge in [-0.3, -0.25) is 4.90 Å². The molecule has 2 atom stereocenters. The second-order valence-corrected chi connectivity index (χ2v) is 8.51. The maximum atomic E-state index is 12.3. The van der Waals surface area contributed by atoms with E-state index in [1.165, 1.54) is 32.4 Å². The van der Waals surface area contributed by atoms with Crippen molar-refractivity contribution < 1.29 is 9.53 Å². The SMILES string of the molecule is CC1CCCN(C2(C)CCCN(C(=O)OC(C)(C)C)CC2)C1. The molecule has 22 heavy (non-hydrogen) atoms. The number of likely N-dealkylation sites (tertiary alicyclic amines) is 2. The highest BCUT2D eigenvalue weighted by Gasteiger charge is 2.37. The fourth-order valence-electron chi connectivity index (χ4n) is 3.77. The van der Waals surface area contributed by atoms with Crippen molar-refractivity contribution in [2.24, 2.45) is 5.92 Å². The molecule has 0 radical (unpaired) electrons. The van der Waals surface area contributed by atoms with Crippen molar-refractivity contribution in [3.05, 3.63) is 0 Å². The lowest BCUT2D eigenvalue weighted by Gasteiger charge is -2.45. The molecule has 2 fully saturated rings. The lowest BCUT2D eigenvalue weighted by atomic mass is 9.87. The largest absolute Gasteiger partial charge is 0.444 e. The van der Waals surface area contributed by atoms with Gasteiger partial charge in [0.2, 0.25) is 0 Å². The van der Waals surface area contributed by atoms with Crippen LogP contribution in [0.15, 0.2) is 0 Å². The van der Waals surface area contributed by atoms with Gasteiger partial charge in [0.05, 0.1) is 0 Å². The van der Waals surface area contributed by atoms with Crippen LogP contribution in [0.25, 0.3) is 0 Å². The zero-order valence-electron chi connectivity index (χ0n) is 15.2. The minimum atomic E-state index is -0.408. The standard InChI is InChI=1S/C18H34N2O2/c1-15-8-6-12-20(14-15)18(5)9-7-11-19(13-10-18)16(21)22-17(2,3)4/h15H,6-14H2,1-5H3. The maximum absolute atomic E-state index is 12.3. The Morgan fingerprint density at radius 2 is 1.86 bits per heavy atom. The van der Waals surface area contributed by atoms with Gasteiger partial charge < -0.3 is 9.64 Å². The predicted molar refractivity (Wildman–Crippen MR) is 90.0 cm³/mol. The Labute approximate surface area is 136 Å². The zero-order chi connectivity index (χ0) is 16.4. The summed E-state index contributed by atoms with van der Waals surface area (Å²) in [5, 5.41) is 0. The highest BCUT2D eigenvalue weighted by Crippen LogP contribution is 2.32. The van der Waals surface area contributed by atoms with Crippen molar-refractivity contribution in [3.8, 4) is 0 Å². The van der Waals surface area contributed by atoms with Crippen LogP contribution in [0.4, 0.5) is 4.79 Å². The molecule has 2 aliphatic heterocycles. The Morgan fingerprint density at radius 3 is 2.50 bits per heavy atom. The van der Waals surface area contributed by atoms with Crippen molar-refractivity contribution >= 4 is 6.09 Å². The monoisotopic (exact) mass is 310 g/mol. The van der Waals surface area contributed by atoms with Gasteiger partial charge in [0.15, 0.2) is 0 Å². The van der Waals surface area contributed by atoms with Crippen LogP contribution in [0.3, 0.4) is 0 Å². The summed E-state index contributed by atoms with van der Waals surface area (Å²) in [5.41, 5.74) is -0.166. The fourth-order valence-corrected chi connectivity index (χ4v) is 3.77. The van der Waals surface area contributed by atoms with Gasteiger partial charge in [0.1, 0.15) is 5.60 Å². The molecule has 0 aliphatic carbocycles. The van der Waals surface area contributed by atoms with Crippen molar-refractivity contribution in [3.63, 3.8) is 0 Å². The van der Waals surface area contributed by atoms with Gasteiger partial charge in [-0.05, 0) is 72.3 Å². The topological polar surface area (TPSA) is 32.8 Å². The highest BCUT2D eigenvalue weighted by molar-refractivity contribution is 5.68. The number of hydrogen-bond donors (Lipinski definition) is 0. The minimum Gasteiger partial charge on any atom is -0.444 e. The average Bonchev–Trinajstić information content (AvgIpc) is 2.60. The molecule has 4 nitrogen and oxygen atoms in total. The first-order valence-electron chi connectivity index (χ1n) is 8.93. The highest BCUT2D eigenvalue weighted by atomic mass is 16.6. The van der Waals surface area contributed by atoms with Crippen LogP contribution in [0, 0.1) is 5.92 Å². The van der Waals surface area contributed by atoms with Crippen LogP contribution in [-0.4, -0.2) is 53.2 Å². The number of piperidine rings is 1. The van der Waals surface area contributed by atoms with Gasteiger partial charge in [-0.25, -0.2) is 4.79 Å². The van der Waals surface area contributed by atoms with E-state index in [2.05, 4.69) is 18.7 Å². The van der Waals surface area contributed by atoms with Crippen LogP contribution in [-0.2, 0) is 4.74 Å². The van der Waals surface area contributed by atoms with Crippen molar-refractivity contribution in [1.29, 1.82) is 0 Å². The molecule has 0 aromatic rings. The van der Waals surface area contributed by atoms with E-state index in [9.17, 15) is 4.79 Å². The first-order chi connectivity index (χ1) is 10.2. The first-order valence-corrected chi connectivity index (χ1v) is 8.93. The Balaban J connectivity index is 1.95. The molecule has 1 amide bonds. The van der Waals surface area contributed by atoms with Crippen LogP contribution in [0.2, 0.25) is 0 Å². The van der Waals surface area contributed by atoms with E-state index >= 15 is 0 Å². The molecule has 2 rings (SSSR count). The quantitative estimate of drug-likeness (QED) is 0.736. The van der Waals surface area contributed by atoms with Gasteiger partial charge in [0.25, 0.3) is 0 Å². The molecule has 4 heteroatoms. The molecule has 2 aliphatic rings. The molecular formula is C18H34N2O2. The third-order valence-corrected chi connectivity index (χ3v) is 5.14. The molecule has 0 bridgehead atoms. The smallest absolute Gasteiger partial charge is 0.410 e. The molecule has 0 spiro atoms. The number of rotatable bonds is 1.